The highest BCUT2D eigenvalue weighted by molar-refractivity contribution is 5.98. The minimum Gasteiger partial charge on any atom is -0.378 e. The SMILES string of the molecule is CC(C)Cc1ccc(C(=O)C2CC3COCC(C2)N3C)cc1. The van der Waals surface area contributed by atoms with Gasteiger partial charge in [-0.3, -0.25) is 9.69 Å². The number of carbonyl (C=O) groups excluding carboxylic acids is 1. The van der Waals surface area contributed by atoms with Crippen LogP contribution in [0.2, 0.25) is 0 Å². The molecule has 1 aromatic rings. The number of Topliss-reactive ketones (excluding diaryl/α,β-unsaturated/α-hetero) is 1. The molecule has 2 bridgehead atoms. The number of hydrogen-bond donors (Lipinski definition) is 0. The number of ketones is 1. The number of carbonyl (C=O) groups is 1. The Morgan fingerprint density at radius 3 is 2.32 bits per heavy atom. The zero-order valence-electron chi connectivity index (χ0n) is 13.9. The standard InChI is InChI=1S/C19H27NO2/c1-13(2)8-14-4-6-15(7-5-14)19(21)16-9-17-11-22-12-18(10-16)20(17)3/h4-7,13,16-18H,8-12H2,1-3H3. The van der Waals surface area contributed by atoms with Crippen LogP contribution in [-0.4, -0.2) is 43.0 Å². The lowest BCUT2D eigenvalue weighted by atomic mass is 9.81. The number of hydrogen-bond acceptors (Lipinski definition) is 3. The van der Waals surface area contributed by atoms with Gasteiger partial charge >= 0.3 is 0 Å². The van der Waals surface area contributed by atoms with E-state index in [0.717, 1.165) is 38.0 Å². The molecule has 2 atom stereocenters. The summed E-state index contributed by atoms with van der Waals surface area (Å²) in [5.74, 6) is 1.13. The van der Waals surface area contributed by atoms with Crippen LogP contribution in [0.25, 0.3) is 0 Å². The third-order valence-corrected chi connectivity index (χ3v) is 5.14. The second-order valence-electron chi connectivity index (χ2n) is 7.34. The maximum atomic E-state index is 12.8. The van der Waals surface area contributed by atoms with Gasteiger partial charge in [-0.25, -0.2) is 0 Å². The van der Waals surface area contributed by atoms with Gasteiger partial charge in [0.15, 0.2) is 5.78 Å². The summed E-state index contributed by atoms with van der Waals surface area (Å²) < 4.78 is 5.64. The van der Waals surface area contributed by atoms with Crippen LogP contribution in [0, 0.1) is 11.8 Å². The number of likely N-dealkylation sites (N-methyl/N-ethyl adjacent to an activating group) is 1. The van der Waals surface area contributed by atoms with Gasteiger partial charge in [0.05, 0.1) is 13.2 Å². The first kappa shape index (κ1) is 15.7. The number of ether oxygens (including phenoxy) is 1. The van der Waals surface area contributed by atoms with E-state index in [0.29, 0.717) is 23.8 Å². The Bertz CT molecular complexity index is 509. The molecule has 3 nitrogen and oxygen atoms in total. The van der Waals surface area contributed by atoms with Gasteiger partial charge < -0.3 is 4.74 Å². The van der Waals surface area contributed by atoms with Crippen LogP contribution in [0.3, 0.4) is 0 Å². The van der Waals surface area contributed by atoms with Gasteiger partial charge in [-0.05, 0) is 37.8 Å². The second kappa shape index (κ2) is 6.51. The molecule has 2 aliphatic heterocycles. The maximum Gasteiger partial charge on any atom is 0.166 e. The molecule has 3 heteroatoms. The highest BCUT2D eigenvalue weighted by Crippen LogP contribution is 2.32. The quantitative estimate of drug-likeness (QED) is 0.800. The largest absolute Gasteiger partial charge is 0.378 e. The Morgan fingerprint density at radius 2 is 1.77 bits per heavy atom. The van der Waals surface area contributed by atoms with E-state index < -0.39 is 0 Å². The normalized spacial score (nSPS) is 28.8. The Morgan fingerprint density at radius 1 is 1.18 bits per heavy atom. The monoisotopic (exact) mass is 301 g/mol. The van der Waals surface area contributed by atoms with Gasteiger partial charge in [-0.15, -0.1) is 0 Å². The highest BCUT2D eigenvalue weighted by atomic mass is 16.5. The van der Waals surface area contributed by atoms with Gasteiger partial charge in [0.25, 0.3) is 0 Å². The number of morpholine rings is 1. The molecule has 2 fully saturated rings. The predicted octanol–water partition coefficient (Wildman–Crippen LogP) is 3.18. The van der Waals surface area contributed by atoms with Crippen LogP contribution in [0.4, 0.5) is 0 Å². The first-order chi connectivity index (χ1) is 10.5. The van der Waals surface area contributed by atoms with Crippen LogP contribution < -0.4 is 0 Å². The van der Waals surface area contributed by atoms with Crippen LogP contribution in [0.15, 0.2) is 24.3 Å². The first-order valence-electron chi connectivity index (χ1n) is 8.47. The molecule has 3 rings (SSSR count). The lowest BCUT2D eigenvalue weighted by Crippen LogP contribution is -2.55. The maximum absolute atomic E-state index is 12.8. The summed E-state index contributed by atoms with van der Waals surface area (Å²) in [5, 5.41) is 0. The average molecular weight is 301 g/mol. The number of rotatable bonds is 4. The fourth-order valence-electron chi connectivity index (χ4n) is 3.82. The van der Waals surface area contributed by atoms with Crippen LogP contribution in [-0.2, 0) is 11.2 Å². The van der Waals surface area contributed by atoms with E-state index in [2.05, 4.69) is 37.9 Å². The van der Waals surface area contributed by atoms with Crippen molar-refractivity contribution >= 4 is 5.78 Å². The van der Waals surface area contributed by atoms with Crippen molar-refractivity contribution in [3.05, 3.63) is 35.4 Å². The zero-order valence-corrected chi connectivity index (χ0v) is 13.9. The summed E-state index contributed by atoms with van der Waals surface area (Å²) in [6, 6.07) is 9.08. The molecule has 2 heterocycles. The van der Waals surface area contributed by atoms with E-state index in [1.54, 1.807) is 0 Å². The van der Waals surface area contributed by atoms with Gasteiger partial charge in [0.1, 0.15) is 0 Å². The van der Waals surface area contributed by atoms with Gasteiger partial charge in [-0.2, -0.15) is 0 Å². The van der Waals surface area contributed by atoms with E-state index in [1.807, 2.05) is 12.1 Å². The van der Waals surface area contributed by atoms with Crippen LogP contribution in [0.5, 0.6) is 0 Å². The van der Waals surface area contributed by atoms with Crippen molar-refractivity contribution in [2.45, 2.75) is 45.2 Å². The van der Waals surface area contributed by atoms with Crippen molar-refractivity contribution in [1.29, 1.82) is 0 Å². The van der Waals surface area contributed by atoms with Gasteiger partial charge in [0, 0.05) is 23.6 Å². The summed E-state index contributed by atoms with van der Waals surface area (Å²) in [6.07, 6.45) is 2.93. The first-order valence-corrected chi connectivity index (χ1v) is 8.47. The summed E-state index contributed by atoms with van der Waals surface area (Å²) in [5.41, 5.74) is 2.20. The van der Waals surface area contributed by atoms with Crippen molar-refractivity contribution in [2.75, 3.05) is 20.3 Å². The van der Waals surface area contributed by atoms with Crippen molar-refractivity contribution in [3.63, 3.8) is 0 Å². The van der Waals surface area contributed by atoms with Crippen LogP contribution in [0.1, 0.15) is 42.6 Å². The Balaban J connectivity index is 1.69. The molecule has 0 N–H and O–H groups in total. The molecule has 22 heavy (non-hydrogen) atoms. The van der Waals surface area contributed by atoms with Crippen molar-refractivity contribution in [2.24, 2.45) is 11.8 Å². The van der Waals surface area contributed by atoms with Gasteiger partial charge in [0.2, 0.25) is 0 Å². The molecule has 0 aliphatic carbocycles. The summed E-state index contributed by atoms with van der Waals surface area (Å²) in [4.78, 5) is 15.2. The highest BCUT2D eigenvalue weighted by Gasteiger charge is 2.39. The molecule has 0 aromatic heterocycles. The molecule has 0 spiro atoms. The van der Waals surface area contributed by atoms with E-state index in [-0.39, 0.29) is 5.92 Å². The number of benzene rings is 1. The molecule has 2 unspecified atom stereocenters. The van der Waals surface area contributed by atoms with Crippen molar-refractivity contribution < 1.29 is 9.53 Å². The smallest absolute Gasteiger partial charge is 0.166 e. The molecular formula is C19H27NO2. The Kier molecular flexibility index (Phi) is 4.65. The van der Waals surface area contributed by atoms with Gasteiger partial charge in [-0.1, -0.05) is 38.1 Å². The molecule has 0 amide bonds. The average Bonchev–Trinajstić information content (AvgIpc) is 2.46. The predicted molar refractivity (Wildman–Crippen MR) is 88.2 cm³/mol. The topological polar surface area (TPSA) is 29.5 Å². The fourth-order valence-corrected chi connectivity index (χ4v) is 3.82. The molecule has 120 valence electrons. The van der Waals surface area contributed by atoms with Crippen molar-refractivity contribution in [1.82, 2.24) is 4.90 Å². The Labute approximate surface area is 133 Å². The number of piperidine rings is 1. The van der Waals surface area contributed by atoms with E-state index in [4.69, 9.17) is 4.74 Å². The lowest BCUT2D eigenvalue weighted by Gasteiger charge is -2.46. The summed E-state index contributed by atoms with van der Waals surface area (Å²) in [6.45, 7) is 5.98. The molecular weight excluding hydrogens is 274 g/mol. The molecule has 0 radical (unpaired) electrons. The summed E-state index contributed by atoms with van der Waals surface area (Å²) in [7, 11) is 2.17. The Hall–Kier alpha value is -1.19. The molecule has 0 saturated carbocycles. The molecule has 2 saturated heterocycles. The molecule has 1 aromatic carbocycles. The van der Waals surface area contributed by atoms with E-state index in [9.17, 15) is 4.79 Å². The fraction of sp³-hybridized carbons (Fsp3) is 0.632. The lowest BCUT2D eigenvalue weighted by molar-refractivity contribution is -0.0702. The van der Waals surface area contributed by atoms with Crippen LogP contribution >= 0.6 is 0 Å². The summed E-state index contributed by atoms with van der Waals surface area (Å²) >= 11 is 0. The third-order valence-electron chi connectivity index (χ3n) is 5.14. The minimum absolute atomic E-state index is 0.158. The van der Waals surface area contributed by atoms with E-state index >= 15 is 0 Å². The third kappa shape index (κ3) is 3.26. The second-order valence-corrected chi connectivity index (χ2v) is 7.34. The minimum atomic E-state index is 0.158. The van der Waals surface area contributed by atoms with Crippen molar-refractivity contribution in [3.8, 4) is 0 Å². The number of fused-ring (bicyclic) bond motifs is 2. The number of nitrogens with zero attached hydrogens (tertiary/aromatic N) is 1. The molecule has 2 aliphatic rings. The van der Waals surface area contributed by atoms with E-state index in [1.165, 1.54) is 5.56 Å². The zero-order chi connectivity index (χ0) is 15.7.